The van der Waals surface area contributed by atoms with E-state index < -0.39 is 0 Å². The molecule has 0 spiro atoms. The van der Waals surface area contributed by atoms with Crippen molar-refractivity contribution in [3.8, 4) is 5.75 Å². The minimum absolute atomic E-state index is 0.201. The third-order valence-electron chi connectivity index (χ3n) is 4.71. The molecule has 0 bridgehead atoms. The van der Waals surface area contributed by atoms with Crippen molar-refractivity contribution in [2.45, 2.75) is 25.4 Å². The van der Waals surface area contributed by atoms with Crippen LogP contribution in [0.2, 0.25) is 0 Å². The van der Waals surface area contributed by atoms with E-state index >= 15 is 0 Å². The fourth-order valence-corrected chi connectivity index (χ4v) is 3.96. The van der Waals surface area contributed by atoms with Gasteiger partial charge in [-0.15, -0.1) is 16.9 Å². The molecule has 4 rings (SSSR count). The highest BCUT2D eigenvalue weighted by molar-refractivity contribution is 7.97. The normalized spacial score (nSPS) is 11.5. The Bertz CT molecular complexity index is 1310. The molecule has 0 atom stereocenters. The molecule has 4 aromatic rings. The highest BCUT2D eigenvalue weighted by Crippen LogP contribution is 2.25. The van der Waals surface area contributed by atoms with E-state index in [-0.39, 0.29) is 11.6 Å². The van der Waals surface area contributed by atoms with Crippen molar-refractivity contribution in [1.82, 2.24) is 10.2 Å². The van der Waals surface area contributed by atoms with Crippen LogP contribution in [0.5, 0.6) is 5.75 Å². The van der Waals surface area contributed by atoms with E-state index in [2.05, 4.69) is 15.2 Å². The molecular formula is C23H21N3O4S. The lowest BCUT2D eigenvalue weighted by molar-refractivity contribution is 0.414. The number of methoxy groups -OCH3 is 1. The summed E-state index contributed by atoms with van der Waals surface area (Å²) in [5.74, 6) is 2.41. The van der Waals surface area contributed by atoms with Gasteiger partial charge in [-0.25, -0.2) is 9.79 Å². The van der Waals surface area contributed by atoms with E-state index in [1.165, 1.54) is 6.07 Å². The zero-order valence-corrected chi connectivity index (χ0v) is 18.2. The first-order valence-electron chi connectivity index (χ1n) is 9.64. The average molecular weight is 436 g/mol. The maximum atomic E-state index is 11.8. The predicted molar refractivity (Wildman–Crippen MR) is 122 cm³/mol. The van der Waals surface area contributed by atoms with Crippen molar-refractivity contribution < 1.29 is 13.6 Å². The largest absolute Gasteiger partial charge is 0.497 e. The van der Waals surface area contributed by atoms with Crippen molar-refractivity contribution in [2.75, 3.05) is 7.11 Å². The third kappa shape index (κ3) is 5.03. The number of fused-ring (bicyclic) bond motifs is 1. The van der Waals surface area contributed by atoms with Crippen LogP contribution in [0.3, 0.4) is 0 Å². The molecular weight excluding hydrogens is 414 g/mol. The Morgan fingerprint density at radius 2 is 1.94 bits per heavy atom. The molecule has 7 nitrogen and oxygen atoms in total. The molecule has 0 fully saturated rings. The lowest BCUT2D eigenvalue weighted by Gasteiger charge is -2.05. The van der Waals surface area contributed by atoms with Crippen LogP contribution in [-0.4, -0.2) is 23.5 Å². The second-order valence-electron chi connectivity index (χ2n) is 7.04. The van der Waals surface area contributed by atoms with Gasteiger partial charge in [-0.05, 0) is 60.9 Å². The van der Waals surface area contributed by atoms with Gasteiger partial charge in [-0.2, -0.15) is 0 Å². The van der Waals surface area contributed by atoms with E-state index in [9.17, 15) is 4.79 Å². The summed E-state index contributed by atoms with van der Waals surface area (Å²) in [7, 11) is 1.64. The highest BCUT2D eigenvalue weighted by atomic mass is 32.2. The Hall–Kier alpha value is -3.39. The van der Waals surface area contributed by atoms with Gasteiger partial charge in [0.15, 0.2) is 0 Å². The van der Waals surface area contributed by atoms with E-state index in [1.807, 2.05) is 50.2 Å². The van der Waals surface area contributed by atoms with Gasteiger partial charge in [0, 0.05) is 23.4 Å². The number of aryl methyl sites for hydroxylation is 2. The minimum Gasteiger partial charge on any atom is -0.497 e. The maximum Gasteiger partial charge on any atom is 0.342 e. The van der Waals surface area contributed by atoms with E-state index in [4.69, 9.17) is 13.6 Å². The lowest BCUT2D eigenvalue weighted by Crippen LogP contribution is -2.00. The van der Waals surface area contributed by atoms with Gasteiger partial charge in [0.05, 0.1) is 12.9 Å². The van der Waals surface area contributed by atoms with Gasteiger partial charge in [-0.1, -0.05) is 16.7 Å². The molecule has 2 aromatic heterocycles. The second kappa shape index (κ2) is 9.18. The monoisotopic (exact) mass is 435 g/mol. The predicted octanol–water partition coefficient (Wildman–Crippen LogP) is 4.99. The Morgan fingerprint density at radius 3 is 2.74 bits per heavy atom. The van der Waals surface area contributed by atoms with Gasteiger partial charge in [0.1, 0.15) is 11.3 Å². The molecule has 0 aliphatic heterocycles. The fraction of sp³-hybridized carbons (Fsp3) is 0.217. The van der Waals surface area contributed by atoms with Crippen LogP contribution >= 0.6 is 11.8 Å². The van der Waals surface area contributed by atoms with Crippen LogP contribution in [0, 0.1) is 13.8 Å². The number of aromatic nitrogens is 2. The van der Waals surface area contributed by atoms with E-state index in [0.29, 0.717) is 23.0 Å². The first kappa shape index (κ1) is 20.9. The zero-order chi connectivity index (χ0) is 21.8. The van der Waals surface area contributed by atoms with Crippen molar-refractivity contribution >= 4 is 35.0 Å². The summed E-state index contributed by atoms with van der Waals surface area (Å²) in [6.07, 6.45) is 1.69. The summed E-state index contributed by atoms with van der Waals surface area (Å²) in [5.41, 5.74) is 4.26. The molecule has 0 N–H and O–H groups in total. The van der Waals surface area contributed by atoms with Crippen LogP contribution < -0.4 is 10.4 Å². The maximum absolute atomic E-state index is 11.8. The quantitative estimate of drug-likeness (QED) is 0.298. The molecule has 0 aliphatic carbocycles. The average Bonchev–Trinajstić information content (AvgIpc) is 3.21. The number of thioether (sulfide) groups is 1. The number of hydrogen-bond donors (Lipinski definition) is 0. The molecule has 0 saturated heterocycles. The van der Waals surface area contributed by atoms with Crippen molar-refractivity contribution in [2.24, 2.45) is 4.99 Å². The Morgan fingerprint density at radius 1 is 1.06 bits per heavy atom. The van der Waals surface area contributed by atoms with Crippen molar-refractivity contribution in [3.05, 3.63) is 81.0 Å². The minimum atomic E-state index is -0.352. The fourth-order valence-electron chi connectivity index (χ4n) is 3.11. The molecule has 0 unspecified atom stereocenters. The number of benzene rings is 2. The standard InChI is InChI=1S/C23H21N3O4S/c1-14-4-7-20-19(8-14)17(10-22(27)29-20)12-31-13-21-25-26-23(30-21)24-11-16-5-6-18(28-3)9-15(16)2/h4-11H,12-13H2,1-3H3/b24-11+. The molecule has 0 amide bonds. The summed E-state index contributed by atoms with van der Waals surface area (Å²) >= 11 is 1.58. The van der Waals surface area contributed by atoms with Crippen LogP contribution in [0.4, 0.5) is 6.01 Å². The number of aliphatic imine (C=N–C) groups is 1. The van der Waals surface area contributed by atoms with Crippen LogP contribution in [0.15, 0.2) is 61.1 Å². The summed E-state index contributed by atoms with van der Waals surface area (Å²) < 4.78 is 16.1. The second-order valence-corrected chi connectivity index (χ2v) is 8.03. The van der Waals surface area contributed by atoms with E-state index in [1.54, 1.807) is 25.1 Å². The van der Waals surface area contributed by atoms with Gasteiger partial charge < -0.3 is 13.6 Å². The molecule has 0 aliphatic rings. The van der Waals surface area contributed by atoms with E-state index in [0.717, 1.165) is 33.4 Å². The Labute approximate surface area is 183 Å². The first-order valence-corrected chi connectivity index (χ1v) is 10.8. The van der Waals surface area contributed by atoms with Crippen LogP contribution in [0.1, 0.15) is 28.1 Å². The summed E-state index contributed by atoms with van der Waals surface area (Å²) in [6.45, 7) is 3.99. The molecule has 2 aromatic carbocycles. The third-order valence-corrected chi connectivity index (χ3v) is 5.68. The van der Waals surface area contributed by atoms with Gasteiger partial charge in [0.2, 0.25) is 5.89 Å². The SMILES string of the molecule is COc1ccc(/C=N/c2nnc(CSCc3cc(=O)oc4ccc(C)cc34)o2)c(C)c1. The van der Waals surface area contributed by atoms with Gasteiger partial charge in [-0.3, -0.25) is 0 Å². The van der Waals surface area contributed by atoms with Crippen LogP contribution in [0.25, 0.3) is 11.0 Å². The number of hydrogen-bond acceptors (Lipinski definition) is 8. The molecule has 8 heteroatoms. The zero-order valence-electron chi connectivity index (χ0n) is 17.4. The number of rotatable bonds is 7. The summed E-state index contributed by atoms with van der Waals surface area (Å²) in [4.78, 5) is 16.1. The smallest absolute Gasteiger partial charge is 0.342 e. The number of ether oxygens (including phenoxy) is 1. The molecule has 0 radical (unpaired) electrons. The topological polar surface area (TPSA) is 90.7 Å². The summed E-state index contributed by atoms with van der Waals surface area (Å²) in [5, 5.41) is 8.97. The Kier molecular flexibility index (Phi) is 6.18. The molecule has 0 saturated carbocycles. The molecule has 31 heavy (non-hydrogen) atoms. The van der Waals surface area contributed by atoms with Gasteiger partial charge in [0.25, 0.3) is 0 Å². The molecule has 158 valence electrons. The van der Waals surface area contributed by atoms with Crippen molar-refractivity contribution in [1.29, 1.82) is 0 Å². The molecule has 2 heterocycles. The first-order chi connectivity index (χ1) is 15.0. The highest BCUT2D eigenvalue weighted by Gasteiger charge is 2.09. The summed E-state index contributed by atoms with van der Waals surface area (Å²) in [6, 6.07) is 13.2. The van der Waals surface area contributed by atoms with Crippen molar-refractivity contribution in [3.63, 3.8) is 0 Å². The van der Waals surface area contributed by atoms with Gasteiger partial charge >= 0.3 is 11.6 Å². The number of nitrogens with zero attached hydrogens (tertiary/aromatic N) is 3. The van der Waals surface area contributed by atoms with Crippen LogP contribution in [-0.2, 0) is 11.5 Å². The Balaban J connectivity index is 1.41. The lowest BCUT2D eigenvalue weighted by atomic mass is 10.1.